The highest BCUT2D eigenvalue weighted by molar-refractivity contribution is 7.10. The maximum Gasteiger partial charge on any atom is 0.120 e. The van der Waals surface area contributed by atoms with Crippen LogP contribution in [0, 0.1) is 5.92 Å². The summed E-state index contributed by atoms with van der Waals surface area (Å²) in [5.74, 6) is 0.631. The van der Waals surface area contributed by atoms with Gasteiger partial charge in [-0.15, -0.1) is 11.3 Å². The second kappa shape index (κ2) is 8.35. The van der Waals surface area contributed by atoms with Gasteiger partial charge in [0.2, 0.25) is 0 Å². The first kappa shape index (κ1) is 16.2. The third-order valence-electron chi connectivity index (χ3n) is 4.28. The molecule has 21 heavy (non-hydrogen) atoms. The third-order valence-corrected chi connectivity index (χ3v) is 5.13. The molecule has 3 nitrogen and oxygen atoms in total. The zero-order valence-corrected chi connectivity index (χ0v) is 13.6. The van der Waals surface area contributed by atoms with Gasteiger partial charge in [-0.2, -0.15) is 0 Å². The van der Waals surface area contributed by atoms with E-state index in [0.29, 0.717) is 5.92 Å². The molecule has 0 radical (unpaired) electrons. The fourth-order valence-corrected chi connectivity index (χ4v) is 3.64. The van der Waals surface area contributed by atoms with Crippen molar-refractivity contribution in [2.45, 2.75) is 51.0 Å². The number of nitrogens with one attached hydrogen (secondary N) is 1. The Kier molecular flexibility index (Phi) is 6.46. The minimum Gasteiger partial charge on any atom is -0.382 e. The number of aromatic nitrogens is 1. The Morgan fingerprint density at radius 2 is 2.14 bits per heavy atom. The van der Waals surface area contributed by atoms with Gasteiger partial charge in [-0.3, -0.25) is 0 Å². The van der Waals surface area contributed by atoms with Gasteiger partial charge in [0.1, 0.15) is 5.01 Å². The van der Waals surface area contributed by atoms with E-state index in [1.165, 1.54) is 31.4 Å². The first-order chi connectivity index (χ1) is 10.2. The van der Waals surface area contributed by atoms with Crippen molar-refractivity contribution in [2.24, 2.45) is 11.7 Å². The Balaban J connectivity index is 1.97. The maximum absolute atomic E-state index is 5.62. The number of nitrogens with two attached hydrogens (primary N) is 1. The first-order valence-corrected chi connectivity index (χ1v) is 8.84. The van der Waals surface area contributed by atoms with Crippen LogP contribution < -0.4 is 11.1 Å². The van der Waals surface area contributed by atoms with Crippen LogP contribution in [0.5, 0.6) is 0 Å². The third kappa shape index (κ3) is 4.68. The molecule has 0 saturated heterocycles. The minimum atomic E-state index is 0.232. The van der Waals surface area contributed by atoms with Crippen LogP contribution in [-0.4, -0.2) is 17.6 Å². The van der Waals surface area contributed by atoms with Gasteiger partial charge in [0.15, 0.2) is 0 Å². The summed E-state index contributed by atoms with van der Waals surface area (Å²) >= 11 is 1.65. The Morgan fingerprint density at radius 3 is 2.76 bits per heavy atom. The molecule has 1 aromatic heterocycles. The van der Waals surface area contributed by atoms with E-state index in [4.69, 9.17) is 5.73 Å². The highest BCUT2D eigenvalue weighted by Gasteiger charge is 2.22. The number of unbranched alkanes of at least 4 members (excludes halogenated alkanes) is 1. The van der Waals surface area contributed by atoms with Crippen molar-refractivity contribution in [1.82, 2.24) is 10.3 Å². The molecule has 0 aliphatic heterocycles. The monoisotopic (exact) mass is 305 g/mol. The largest absolute Gasteiger partial charge is 0.382 e. The van der Waals surface area contributed by atoms with E-state index in [2.05, 4.69) is 23.5 Å². The molecule has 0 spiro atoms. The zero-order chi connectivity index (χ0) is 15.1. The topological polar surface area (TPSA) is 50.9 Å². The molecule has 1 heterocycles. The molecule has 1 atom stereocenters. The van der Waals surface area contributed by atoms with E-state index in [0.717, 1.165) is 36.4 Å². The van der Waals surface area contributed by atoms with Crippen molar-refractivity contribution in [3.63, 3.8) is 0 Å². The minimum absolute atomic E-state index is 0.232. The highest BCUT2D eigenvalue weighted by Crippen LogP contribution is 2.31. The number of rotatable bonds is 9. The van der Waals surface area contributed by atoms with E-state index in [1.807, 2.05) is 11.6 Å². The van der Waals surface area contributed by atoms with Crippen LogP contribution in [0.25, 0.3) is 5.57 Å². The van der Waals surface area contributed by atoms with Crippen LogP contribution in [0.4, 0.5) is 0 Å². The van der Waals surface area contributed by atoms with Crippen LogP contribution in [0.15, 0.2) is 30.4 Å². The lowest BCUT2D eigenvalue weighted by atomic mass is 9.99. The van der Waals surface area contributed by atoms with Gasteiger partial charge in [0.05, 0.1) is 6.04 Å². The van der Waals surface area contributed by atoms with E-state index < -0.39 is 0 Å². The summed E-state index contributed by atoms with van der Waals surface area (Å²) in [5, 5.41) is 6.67. The van der Waals surface area contributed by atoms with Gasteiger partial charge in [-0.1, -0.05) is 26.0 Å². The van der Waals surface area contributed by atoms with E-state index in [9.17, 15) is 0 Å². The molecule has 2 rings (SSSR count). The zero-order valence-electron chi connectivity index (χ0n) is 12.8. The predicted molar refractivity (Wildman–Crippen MR) is 92.1 cm³/mol. The number of thiazole rings is 1. The standard InChI is InChI=1S/C17H27N3S/c1-13(17-19-11-12-21-17)16(9-5-6-10-18)20-14(2)15-7-3-4-8-15/h11-12,15-16,20H,1-10,18H2. The van der Waals surface area contributed by atoms with Crippen LogP contribution in [0.3, 0.4) is 0 Å². The average Bonchev–Trinajstić information content (AvgIpc) is 3.18. The fourth-order valence-electron chi connectivity index (χ4n) is 2.97. The molecule has 1 aliphatic carbocycles. The second-order valence-corrected chi connectivity index (χ2v) is 6.75. The van der Waals surface area contributed by atoms with Crippen molar-refractivity contribution >= 4 is 16.9 Å². The molecule has 1 fully saturated rings. The van der Waals surface area contributed by atoms with Crippen LogP contribution in [-0.2, 0) is 0 Å². The quantitative estimate of drug-likeness (QED) is 0.679. The molecular formula is C17H27N3S. The molecule has 116 valence electrons. The highest BCUT2D eigenvalue weighted by atomic mass is 32.1. The molecule has 0 bridgehead atoms. The summed E-state index contributed by atoms with van der Waals surface area (Å²) in [7, 11) is 0. The number of hydrogen-bond donors (Lipinski definition) is 2. The molecule has 1 aromatic rings. The summed E-state index contributed by atoms with van der Waals surface area (Å²) in [6.45, 7) is 9.29. The van der Waals surface area contributed by atoms with Gasteiger partial charge in [-0.25, -0.2) is 4.98 Å². The number of hydrogen-bond acceptors (Lipinski definition) is 4. The fraction of sp³-hybridized carbons (Fsp3) is 0.588. The SMILES string of the molecule is C=C(NC(CCCCN)C(=C)c1nccs1)C1CCCC1. The average molecular weight is 305 g/mol. The predicted octanol–water partition coefficient (Wildman–Crippen LogP) is 3.95. The van der Waals surface area contributed by atoms with Crippen molar-refractivity contribution in [2.75, 3.05) is 6.54 Å². The second-order valence-electron chi connectivity index (χ2n) is 5.85. The van der Waals surface area contributed by atoms with Gasteiger partial charge in [0, 0.05) is 22.8 Å². The summed E-state index contributed by atoms with van der Waals surface area (Å²) in [5.41, 5.74) is 7.88. The van der Waals surface area contributed by atoms with Crippen molar-refractivity contribution in [1.29, 1.82) is 0 Å². The van der Waals surface area contributed by atoms with Gasteiger partial charge in [0.25, 0.3) is 0 Å². The molecule has 3 N–H and O–H groups in total. The molecule has 1 saturated carbocycles. The Morgan fingerprint density at radius 1 is 1.38 bits per heavy atom. The Hall–Kier alpha value is -1.13. The van der Waals surface area contributed by atoms with Crippen LogP contribution in [0.1, 0.15) is 50.0 Å². The van der Waals surface area contributed by atoms with E-state index >= 15 is 0 Å². The molecule has 0 amide bonds. The van der Waals surface area contributed by atoms with E-state index in [-0.39, 0.29) is 6.04 Å². The number of allylic oxidation sites excluding steroid dienone is 1. The lowest BCUT2D eigenvalue weighted by Crippen LogP contribution is -2.31. The van der Waals surface area contributed by atoms with Crippen LogP contribution >= 0.6 is 11.3 Å². The van der Waals surface area contributed by atoms with Crippen molar-refractivity contribution < 1.29 is 0 Å². The molecule has 4 heteroatoms. The van der Waals surface area contributed by atoms with Gasteiger partial charge >= 0.3 is 0 Å². The smallest absolute Gasteiger partial charge is 0.120 e. The summed E-state index contributed by atoms with van der Waals surface area (Å²) in [4.78, 5) is 4.39. The normalized spacial score (nSPS) is 16.8. The molecule has 1 aliphatic rings. The molecule has 1 unspecified atom stereocenters. The summed E-state index contributed by atoms with van der Waals surface area (Å²) < 4.78 is 0. The lowest BCUT2D eigenvalue weighted by Gasteiger charge is -2.25. The summed E-state index contributed by atoms with van der Waals surface area (Å²) in [6.07, 6.45) is 10.2. The van der Waals surface area contributed by atoms with E-state index in [1.54, 1.807) is 11.3 Å². The van der Waals surface area contributed by atoms with Crippen molar-refractivity contribution in [3.8, 4) is 0 Å². The van der Waals surface area contributed by atoms with Crippen molar-refractivity contribution in [3.05, 3.63) is 35.4 Å². The van der Waals surface area contributed by atoms with Gasteiger partial charge in [-0.05, 0) is 44.6 Å². The number of nitrogens with zero attached hydrogens (tertiary/aromatic N) is 1. The first-order valence-electron chi connectivity index (χ1n) is 7.96. The molecule has 0 aromatic carbocycles. The lowest BCUT2D eigenvalue weighted by molar-refractivity contribution is 0.520. The van der Waals surface area contributed by atoms with Gasteiger partial charge < -0.3 is 11.1 Å². The maximum atomic E-state index is 5.62. The summed E-state index contributed by atoms with van der Waals surface area (Å²) in [6, 6.07) is 0.232. The Bertz CT molecular complexity index is 447. The Labute approximate surface area is 132 Å². The van der Waals surface area contributed by atoms with Crippen LogP contribution in [0.2, 0.25) is 0 Å². The molecular weight excluding hydrogens is 278 g/mol.